The van der Waals surface area contributed by atoms with Gasteiger partial charge in [0.2, 0.25) is 0 Å². The number of aliphatic carboxylic acids is 1. The molecule has 0 atom stereocenters. The largest absolute Gasteiger partial charge is 0.481 e. The van der Waals surface area contributed by atoms with Crippen molar-refractivity contribution in [1.82, 2.24) is 4.90 Å². The summed E-state index contributed by atoms with van der Waals surface area (Å²) in [7, 11) is 0. The topological polar surface area (TPSA) is 66.6 Å². The minimum absolute atomic E-state index is 0.244. The molecule has 0 amide bonds. The Hall–Kier alpha value is -0.610. The molecular formula is C9H20N2O2. The fourth-order valence-corrected chi connectivity index (χ4v) is 1.23. The van der Waals surface area contributed by atoms with E-state index in [-0.39, 0.29) is 6.42 Å². The maximum Gasteiger partial charge on any atom is 0.303 e. The Kier molecular flexibility index (Phi) is 6.54. The van der Waals surface area contributed by atoms with Crippen molar-refractivity contribution in [1.29, 1.82) is 0 Å². The maximum absolute atomic E-state index is 10.3. The molecule has 4 heteroatoms. The van der Waals surface area contributed by atoms with E-state index in [1.165, 1.54) is 0 Å². The van der Waals surface area contributed by atoms with E-state index in [1.807, 2.05) is 0 Å². The molecule has 0 aliphatic carbocycles. The first kappa shape index (κ1) is 12.4. The number of rotatable bonds is 7. The van der Waals surface area contributed by atoms with Crippen molar-refractivity contribution >= 4 is 5.97 Å². The van der Waals surface area contributed by atoms with Crippen LogP contribution in [0.15, 0.2) is 0 Å². The predicted octanol–water partition coefficient (Wildman–Crippen LogP) is 0.520. The molecular weight excluding hydrogens is 168 g/mol. The van der Waals surface area contributed by atoms with E-state index in [1.54, 1.807) is 0 Å². The third kappa shape index (κ3) is 6.54. The molecule has 0 rings (SSSR count). The van der Waals surface area contributed by atoms with Crippen LogP contribution in [0.25, 0.3) is 0 Å². The Morgan fingerprint density at radius 1 is 1.46 bits per heavy atom. The normalized spacial score (nSPS) is 11.2. The van der Waals surface area contributed by atoms with Gasteiger partial charge in [-0.1, -0.05) is 0 Å². The minimum atomic E-state index is -0.726. The molecule has 0 saturated heterocycles. The first-order valence-electron chi connectivity index (χ1n) is 4.73. The van der Waals surface area contributed by atoms with E-state index in [2.05, 4.69) is 18.7 Å². The first-order valence-corrected chi connectivity index (χ1v) is 4.73. The maximum atomic E-state index is 10.3. The van der Waals surface area contributed by atoms with Crippen LogP contribution >= 0.6 is 0 Å². The third-order valence-electron chi connectivity index (χ3n) is 1.98. The summed E-state index contributed by atoms with van der Waals surface area (Å²) in [5.41, 5.74) is 5.44. The van der Waals surface area contributed by atoms with Gasteiger partial charge in [-0.2, -0.15) is 0 Å². The molecule has 0 aromatic heterocycles. The van der Waals surface area contributed by atoms with Gasteiger partial charge >= 0.3 is 5.97 Å². The van der Waals surface area contributed by atoms with Gasteiger partial charge in [0.05, 0.1) is 0 Å². The summed E-state index contributed by atoms with van der Waals surface area (Å²) in [5.74, 6) is -0.726. The van der Waals surface area contributed by atoms with Gasteiger partial charge in [-0.25, -0.2) is 0 Å². The summed E-state index contributed by atoms with van der Waals surface area (Å²) in [6.45, 7) is 6.48. The average Bonchev–Trinajstić information content (AvgIpc) is 2.02. The van der Waals surface area contributed by atoms with Crippen LogP contribution in [-0.2, 0) is 4.79 Å². The van der Waals surface area contributed by atoms with Crippen LogP contribution in [0.4, 0.5) is 0 Å². The van der Waals surface area contributed by atoms with E-state index < -0.39 is 5.97 Å². The van der Waals surface area contributed by atoms with E-state index >= 15 is 0 Å². The fraction of sp³-hybridized carbons (Fsp3) is 0.889. The van der Waals surface area contributed by atoms with Crippen molar-refractivity contribution in [2.45, 2.75) is 32.7 Å². The van der Waals surface area contributed by atoms with Gasteiger partial charge in [0, 0.05) is 25.6 Å². The second kappa shape index (κ2) is 6.86. The van der Waals surface area contributed by atoms with Crippen molar-refractivity contribution in [3.8, 4) is 0 Å². The van der Waals surface area contributed by atoms with Crippen molar-refractivity contribution in [3.05, 3.63) is 0 Å². The van der Waals surface area contributed by atoms with Crippen molar-refractivity contribution in [3.63, 3.8) is 0 Å². The first-order chi connectivity index (χ1) is 6.07. The molecule has 0 radical (unpaired) electrons. The molecule has 0 unspecified atom stereocenters. The molecule has 0 aliphatic heterocycles. The Morgan fingerprint density at radius 3 is 2.46 bits per heavy atom. The summed E-state index contributed by atoms with van der Waals surface area (Å²) in [6, 6.07) is 0.442. The number of carbonyl (C=O) groups is 1. The average molecular weight is 188 g/mol. The predicted molar refractivity (Wildman–Crippen MR) is 52.6 cm³/mol. The van der Waals surface area contributed by atoms with Crippen LogP contribution in [0, 0.1) is 0 Å². The standard InChI is InChI=1S/C9H20N2O2/c1-8(2)11(7-5-10)6-3-4-9(12)13/h8H,3-7,10H2,1-2H3,(H,12,13). The molecule has 4 nitrogen and oxygen atoms in total. The molecule has 0 aliphatic rings. The lowest BCUT2D eigenvalue weighted by Gasteiger charge is -2.25. The quantitative estimate of drug-likeness (QED) is 0.611. The van der Waals surface area contributed by atoms with E-state index in [4.69, 9.17) is 10.8 Å². The smallest absolute Gasteiger partial charge is 0.303 e. The number of carboxylic acids is 1. The number of nitrogens with two attached hydrogens (primary N) is 1. The van der Waals surface area contributed by atoms with Gasteiger partial charge in [0.25, 0.3) is 0 Å². The monoisotopic (exact) mass is 188 g/mol. The van der Waals surface area contributed by atoms with Gasteiger partial charge in [-0.05, 0) is 26.8 Å². The molecule has 78 valence electrons. The highest BCUT2D eigenvalue weighted by Crippen LogP contribution is 2.00. The van der Waals surface area contributed by atoms with Crippen LogP contribution < -0.4 is 5.73 Å². The van der Waals surface area contributed by atoms with Gasteiger partial charge in [-0.3, -0.25) is 9.69 Å². The summed E-state index contributed by atoms with van der Waals surface area (Å²) in [4.78, 5) is 12.5. The SMILES string of the molecule is CC(C)N(CCN)CCCC(=O)O. The van der Waals surface area contributed by atoms with Gasteiger partial charge in [-0.15, -0.1) is 0 Å². The minimum Gasteiger partial charge on any atom is -0.481 e. The summed E-state index contributed by atoms with van der Waals surface area (Å²) in [6.07, 6.45) is 0.946. The van der Waals surface area contributed by atoms with Gasteiger partial charge < -0.3 is 10.8 Å². The number of carboxylic acid groups (broad SMARTS) is 1. The zero-order valence-corrected chi connectivity index (χ0v) is 8.49. The van der Waals surface area contributed by atoms with Crippen molar-refractivity contribution in [2.24, 2.45) is 5.73 Å². The number of hydrogen-bond donors (Lipinski definition) is 2. The zero-order valence-electron chi connectivity index (χ0n) is 8.49. The lowest BCUT2D eigenvalue weighted by atomic mass is 10.2. The summed E-state index contributed by atoms with van der Waals surface area (Å²) >= 11 is 0. The molecule has 13 heavy (non-hydrogen) atoms. The lowest BCUT2D eigenvalue weighted by Crippen LogP contribution is -2.36. The van der Waals surface area contributed by atoms with E-state index in [0.29, 0.717) is 19.0 Å². The highest BCUT2D eigenvalue weighted by molar-refractivity contribution is 5.66. The van der Waals surface area contributed by atoms with E-state index in [0.717, 1.165) is 13.1 Å². The number of nitrogens with zero attached hydrogens (tertiary/aromatic N) is 1. The fourth-order valence-electron chi connectivity index (χ4n) is 1.23. The van der Waals surface area contributed by atoms with Crippen molar-refractivity contribution in [2.75, 3.05) is 19.6 Å². The second-order valence-electron chi connectivity index (χ2n) is 3.42. The Bertz CT molecular complexity index is 149. The second-order valence-corrected chi connectivity index (χ2v) is 3.42. The molecule has 0 fully saturated rings. The summed E-state index contributed by atoms with van der Waals surface area (Å²) in [5, 5.41) is 8.45. The van der Waals surface area contributed by atoms with Gasteiger partial charge in [0.15, 0.2) is 0 Å². The Morgan fingerprint density at radius 2 is 2.08 bits per heavy atom. The molecule has 0 heterocycles. The Labute approximate surface area is 79.7 Å². The molecule has 0 spiro atoms. The van der Waals surface area contributed by atoms with Crippen molar-refractivity contribution < 1.29 is 9.90 Å². The van der Waals surface area contributed by atoms with Crippen LogP contribution in [0.3, 0.4) is 0 Å². The van der Waals surface area contributed by atoms with Crippen LogP contribution in [0.1, 0.15) is 26.7 Å². The number of hydrogen-bond acceptors (Lipinski definition) is 3. The van der Waals surface area contributed by atoms with Gasteiger partial charge in [0.1, 0.15) is 0 Å². The Balaban J connectivity index is 3.62. The summed E-state index contributed by atoms with van der Waals surface area (Å²) < 4.78 is 0. The van der Waals surface area contributed by atoms with Crippen LogP contribution in [0.5, 0.6) is 0 Å². The third-order valence-corrected chi connectivity index (χ3v) is 1.98. The molecule has 0 saturated carbocycles. The molecule has 0 aromatic rings. The zero-order chi connectivity index (χ0) is 10.3. The molecule has 3 N–H and O–H groups in total. The lowest BCUT2D eigenvalue weighted by molar-refractivity contribution is -0.137. The molecule has 0 bridgehead atoms. The highest BCUT2D eigenvalue weighted by atomic mass is 16.4. The van der Waals surface area contributed by atoms with Crippen LogP contribution in [-0.4, -0.2) is 41.7 Å². The van der Waals surface area contributed by atoms with Crippen LogP contribution in [0.2, 0.25) is 0 Å². The highest BCUT2D eigenvalue weighted by Gasteiger charge is 2.08. The van der Waals surface area contributed by atoms with E-state index in [9.17, 15) is 4.79 Å². The molecule has 0 aromatic carbocycles.